The Morgan fingerprint density at radius 3 is 2.56 bits per heavy atom. The Labute approximate surface area is 157 Å². The van der Waals surface area contributed by atoms with Crippen molar-refractivity contribution in [3.05, 3.63) is 54.9 Å². The number of pyridine rings is 1. The molecule has 1 N–H and O–H groups in total. The monoisotopic (exact) mass is 359 g/mol. The first-order valence-electron chi connectivity index (χ1n) is 9.50. The summed E-state index contributed by atoms with van der Waals surface area (Å²) >= 11 is 0. The van der Waals surface area contributed by atoms with Crippen molar-refractivity contribution in [2.45, 2.75) is 38.3 Å². The van der Waals surface area contributed by atoms with Crippen LogP contribution in [-0.2, 0) is 6.54 Å². The number of amides is 1. The highest BCUT2D eigenvalue weighted by Crippen LogP contribution is 2.33. The molecule has 0 saturated heterocycles. The molecule has 3 aromatic rings. The number of nitrogens with one attached hydrogen (secondary N) is 1. The molecular formula is C21H21N5O. The molecule has 0 atom stereocenters. The Bertz CT molecular complexity index is 956. The normalized spacial score (nSPS) is 16.3. The summed E-state index contributed by atoms with van der Waals surface area (Å²) in [5.74, 6) is 1.37. The number of aromatic nitrogens is 4. The molecule has 0 aromatic carbocycles. The predicted octanol–water partition coefficient (Wildman–Crippen LogP) is 3.31. The van der Waals surface area contributed by atoms with E-state index in [4.69, 9.17) is 0 Å². The van der Waals surface area contributed by atoms with E-state index in [9.17, 15) is 4.79 Å². The van der Waals surface area contributed by atoms with Crippen LogP contribution in [0.3, 0.4) is 0 Å². The van der Waals surface area contributed by atoms with Gasteiger partial charge in [0, 0.05) is 60.3 Å². The molecule has 6 nitrogen and oxygen atoms in total. The van der Waals surface area contributed by atoms with Crippen LogP contribution in [0.1, 0.15) is 36.2 Å². The zero-order valence-corrected chi connectivity index (χ0v) is 15.0. The standard InChI is InChI=1S/C21H21N5O/c27-21(25-18-5-6-18)19-8-16(13-26(19)12-14-3-4-14)17-10-23-20(24-11-17)15-2-1-7-22-9-15/h1-2,7-11,13-14,18H,3-6,12H2,(H,25,27). The minimum Gasteiger partial charge on any atom is -0.348 e. The fourth-order valence-corrected chi connectivity index (χ4v) is 3.20. The van der Waals surface area contributed by atoms with Crippen molar-refractivity contribution in [2.24, 2.45) is 5.92 Å². The minimum absolute atomic E-state index is 0.0253. The zero-order chi connectivity index (χ0) is 18.2. The van der Waals surface area contributed by atoms with Crippen LogP contribution in [0.4, 0.5) is 0 Å². The first-order valence-corrected chi connectivity index (χ1v) is 9.50. The third-order valence-electron chi connectivity index (χ3n) is 5.10. The molecule has 0 spiro atoms. The van der Waals surface area contributed by atoms with Crippen LogP contribution in [0.2, 0.25) is 0 Å². The lowest BCUT2D eigenvalue weighted by Gasteiger charge is -2.08. The smallest absolute Gasteiger partial charge is 0.268 e. The summed E-state index contributed by atoms with van der Waals surface area (Å²) in [6.45, 7) is 0.905. The number of rotatable bonds is 6. The van der Waals surface area contributed by atoms with Gasteiger partial charge in [-0.1, -0.05) is 0 Å². The second-order valence-electron chi connectivity index (χ2n) is 7.49. The van der Waals surface area contributed by atoms with Gasteiger partial charge < -0.3 is 9.88 Å². The van der Waals surface area contributed by atoms with Crippen molar-refractivity contribution in [1.82, 2.24) is 24.8 Å². The van der Waals surface area contributed by atoms with Crippen molar-refractivity contribution in [3.8, 4) is 22.5 Å². The zero-order valence-electron chi connectivity index (χ0n) is 15.0. The number of hydrogen-bond donors (Lipinski definition) is 1. The largest absolute Gasteiger partial charge is 0.348 e. The lowest BCUT2D eigenvalue weighted by molar-refractivity contribution is 0.0941. The summed E-state index contributed by atoms with van der Waals surface area (Å²) in [6.07, 6.45) is 13.8. The van der Waals surface area contributed by atoms with E-state index in [0.717, 1.165) is 41.8 Å². The van der Waals surface area contributed by atoms with Gasteiger partial charge in [0.2, 0.25) is 0 Å². The summed E-state index contributed by atoms with van der Waals surface area (Å²) in [7, 11) is 0. The molecule has 6 heteroatoms. The molecule has 3 heterocycles. The van der Waals surface area contributed by atoms with Crippen molar-refractivity contribution in [1.29, 1.82) is 0 Å². The average Bonchev–Trinajstić information content (AvgIpc) is 3.63. The predicted molar refractivity (Wildman–Crippen MR) is 102 cm³/mol. The van der Waals surface area contributed by atoms with E-state index in [0.29, 0.717) is 17.8 Å². The molecule has 0 bridgehead atoms. The highest BCUT2D eigenvalue weighted by molar-refractivity contribution is 5.94. The van der Waals surface area contributed by atoms with Gasteiger partial charge in [-0.15, -0.1) is 0 Å². The molecule has 27 heavy (non-hydrogen) atoms. The molecule has 2 aliphatic rings. The summed E-state index contributed by atoms with van der Waals surface area (Å²) < 4.78 is 2.10. The Balaban J connectivity index is 1.43. The number of nitrogens with zero attached hydrogens (tertiary/aromatic N) is 4. The van der Waals surface area contributed by atoms with E-state index in [2.05, 4.69) is 31.0 Å². The molecule has 2 saturated carbocycles. The Morgan fingerprint density at radius 1 is 1.07 bits per heavy atom. The fourth-order valence-electron chi connectivity index (χ4n) is 3.20. The van der Waals surface area contributed by atoms with E-state index in [1.54, 1.807) is 12.4 Å². The molecule has 2 aliphatic carbocycles. The molecule has 1 amide bonds. The van der Waals surface area contributed by atoms with Crippen molar-refractivity contribution in [2.75, 3.05) is 0 Å². The molecule has 0 radical (unpaired) electrons. The van der Waals surface area contributed by atoms with Crippen LogP contribution < -0.4 is 5.32 Å². The third-order valence-corrected chi connectivity index (χ3v) is 5.10. The maximum absolute atomic E-state index is 12.6. The number of carbonyl (C=O) groups is 1. The topological polar surface area (TPSA) is 72.7 Å². The fraction of sp³-hybridized carbons (Fsp3) is 0.333. The van der Waals surface area contributed by atoms with E-state index >= 15 is 0 Å². The van der Waals surface area contributed by atoms with E-state index < -0.39 is 0 Å². The molecular weight excluding hydrogens is 338 g/mol. The summed E-state index contributed by atoms with van der Waals surface area (Å²) in [5, 5.41) is 3.10. The molecule has 5 rings (SSSR count). The second kappa shape index (κ2) is 6.61. The lowest BCUT2D eigenvalue weighted by Crippen LogP contribution is -2.27. The van der Waals surface area contributed by atoms with Crippen LogP contribution in [0.15, 0.2) is 49.2 Å². The van der Waals surface area contributed by atoms with Crippen LogP contribution in [0.25, 0.3) is 22.5 Å². The van der Waals surface area contributed by atoms with Crippen LogP contribution in [0, 0.1) is 5.92 Å². The minimum atomic E-state index is 0.0253. The molecule has 0 aliphatic heterocycles. The van der Waals surface area contributed by atoms with Crippen LogP contribution >= 0.6 is 0 Å². The molecule has 136 valence electrons. The van der Waals surface area contributed by atoms with Gasteiger partial charge in [-0.05, 0) is 49.8 Å². The lowest BCUT2D eigenvalue weighted by atomic mass is 10.1. The first kappa shape index (κ1) is 16.2. The van der Waals surface area contributed by atoms with Crippen molar-refractivity contribution < 1.29 is 4.79 Å². The van der Waals surface area contributed by atoms with E-state index in [1.807, 2.05) is 30.6 Å². The molecule has 3 aromatic heterocycles. The summed E-state index contributed by atoms with van der Waals surface area (Å²) in [6, 6.07) is 6.12. The van der Waals surface area contributed by atoms with Gasteiger partial charge in [0.25, 0.3) is 5.91 Å². The quantitative estimate of drug-likeness (QED) is 0.733. The molecule has 2 fully saturated rings. The highest BCUT2D eigenvalue weighted by Gasteiger charge is 2.28. The SMILES string of the molecule is O=C(NC1CC1)c1cc(-c2cnc(-c3cccnc3)nc2)cn1CC1CC1. The summed E-state index contributed by atoms with van der Waals surface area (Å²) in [5.41, 5.74) is 3.52. The first-order chi connectivity index (χ1) is 13.3. The van der Waals surface area contributed by atoms with Gasteiger partial charge in [0.1, 0.15) is 5.69 Å². The van der Waals surface area contributed by atoms with E-state index in [-0.39, 0.29) is 5.91 Å². The van der Waals surface area contributed by atoms with Crippen molar-refractivity contribution >= 4 is 5.91 Å². The summed E-state index contributed by atoms with van der Waals surface area (Å²) in [4.78, 5) is 25.7. The van der Waals surface area contributed by atoms with Gasteiger partial charge in [0.15, 0.2) is 5.82 Å². The van der Waals surface area contributed by atoms with E-state index in [1.165, 1.54) is 12.8 Å². The van der Waals surface area contributed by atoms with Gasteiger partial charge in [-0.25, -0.2) is 9.97 Å². The average molecular weight is 359 g/mol. The van der Waals surface area contributed by atoms with Crippen LogP contribution in [-0.4, -0.2) is 31.5 Å². The Morgan fingerprint density at radius 2 is 1.89 bits per heavy atom. The Kier molecular flexibility index (Phi) is 3.96. The third kappa shape index (κ3) is 3.60. The number of carbonyl (C=O) groups excluding carboxylic acids is 1. The second-order valence-corrected chi connectivity index (χ2v) is 7.49. The van der Waals surface area contributed by atoms with Gasteiger partial charge in [-0.2, -0.15) is 0 Å². The van der Waals surface area contributed by atoms with Crippen molar-refractivity contribution in [3.63, 3.8) is 0 Å². The van der Waals surface area contributed by atoms with Crippen LogP contribution in [0.5, 0.6) is 0 Å². The number of hydrogen-bond acceptors (Lipinski definition) is 4. The van der Waals surface area contributed by atoms with Gasteiger partial charge in [0.05, 0.1) is 0 Å². The van der Waals surface area contributed by atoms with Gasteiger partial charge >= 0.3 is 0 Å². The molecule has 0 unspecified atom stereocenters. The maximum atomic E-state index is 12.6. The maximum Gasteiger partial charge on any atom is 0.268 e. The highest BCUT2D eigenvalue weighted by atomic mass is 16.2. The Hall–Kier alpha value is -3.02. The van der Waals surface area contributed by atoms with Gasteiger partial charge in [-0.3, -0.25) is 9.78 Å².